The molecule has 0 aromatic carbocycles. The zero-order valence-electron chi connectivity index (χ0n) is 10.4. The van der Waals surface area contributed by atoms with E-state index in [0.29, 0.717) is 0 Å². The molecular formula is C12H19N3OS. The van der Waals surface area contributed by atoms with Crippen molar-refractivity contribution in [2.75, 3.05) is 13.7 Å². The molecule has 0 saturated carbocycles. The molecule has 1 aliphatic heterocycles. The van der Waals surface area contributed by atoms with Crippen molar-refractivity contribution < 1.29 is 4.74 Å². The maximum Gasteiger partial charge on any atom is 0.0876 e. The van der Waals surface area contributed by atoms with E-state index in [-0.39, 0.29) is 6.04 Å². The van der Waals surface area contributed by atoms with Gasteiger partial charge < -0.3 is 10.1 Å². The highest BCUT2D eigenvalue weighted by Crippen LogP contribution is 2.31. The Hall–Kier alpha value is -0.940. The van der Waals surface area contributed by atoms with Gasteiger partial charge in [0.15, 0.2) is 0 Å². The van der Waals surface area contributed by atoms with Crippen molar-refractivity contribution in [3.05, 3.63) is 22.4 Å². The van der Waals surface area contributed by atoms with Crippen LogP contribution in [0.5, 0.6) is 0 Å². The standard InChI is InChI=1S/C12H19N3OS/c1-3-5-10-12(17-15-14-10)11(13-2)9-6-4-7-16-8-9/h8,11,13H,3-7H2,1-2H3. The maximum absolute atomic E-state index is 5.42. The number of hydrogen-bond donors (Lipinski definition) is 1. The first-order valence-corrected chi connectivity index (χ1v) is 6.93. The minimum Gasteiger partial charge on any atom is -0.501 e. The maximum atomic E-state index is 5.42. The fourth-order valence-electron chi connectivity index (χ4n) is 2.13. The number of nitrogens with zero attached hydrogens (tertiary/aromatic N) is 2. The molecule has 94 valence electrons. The van der Waals surface area contributed by atoms with Gasteiger partial charge in [0.1, 0.15) is 0 Å². The Kier molecular flexibility index (Phi) is 4.50. The number of likely N-dealkylation sites (N-methyl/N-ethyl adjacent to an activating group) is 1. The zero-order chi connectivity index (χ0) is 12.1. The SMILES string of the molecule is CCCc1nnsc1C(NC)C1=COCCC1. The van der Waals surface area contributed by atoms with Gasteiger partial charge in [-0.25, -0.2) is 0 Å². The highest BCUT2D eigenvalue weighted by atomic mass is 32.1. The zero-order valence-corrected chi connectivity index (χ0v) is 11.2. The molecule has 1 unspecified atom stereocenters. The lowest BCUT2D eigenvalue weighted by molar-refractivity contribution is 0.220. The minimum absolute atomic E-state index is 0.219. The topological polar surface area (TPSA) is 47.0 Å². The third kappa shape index (κ3) is 2.84. The van der Waals surface area contributed by atoms with Gasteiger partial charge in [0, 0.05) is 0 Å². The van der Waals surface area contributed by atoms with E-state index in [0.717, 1.165) is 38.0 Å². The van der Waals surface area contributed by atoms with Gasteiger partial charge in [0.2, 0.25) is 0 Å². The summed E-state index contributed by atoms with van der Waals surface area (Å²) in [4.78, 5) is 1.24. The van der Waals surface area contributed by atoms with Crippen molar-refractivity contribution in [2.24, 2.45) is 0 Å². The molecule has 0 aliphatic carbocycles. The summed E-state index contributed by atoms with van der Waals surface area (Å²) in [6.45, 7) is 3.00. The van der Waals surface area contributed by atoms with Crippen LogP contribution in [0.4, 0.5) is 0 Å². The van der Waals surface area contributed by atoms with Gasteiger partial charge in [-0.2, -0.15) is 0 Å². The summed E-state index contributed by atoms with van der Waals surface area (Å²) >= 11 is 1.50. The third-order valence-corrected chi connectivity index (χ3v) is 3.79. The van der Waals surface area contributed by atoms with Crippen LogP contribution in [0.15, 0.2) is 11.8 Å². The number of ether oxygens (including phenoxy) is 1. The van der Waals surface area contributed by atoms with Crippen LogP contribution < -0.4 is 5.32 Å². The smallest absolute Gasteiger partial charge is 0.0876 e. The van der Waals surface area contributed by atoms with Crippen molar-refractivity contribution in [3.63, 3.8) is 0 Å². The van der Waals surface area contributed by atoms with Crippen molar-refractivity contribution in [3.8, 4) is 0 Å². The summed E-state index contributed by atoms with van der Waals surface area (Å²) in [6, 6.07) is 0.219. The quantitative estimate of drug-likeness (QED) is 0.875. The van der Waals surface area contributed by atoms with Crippen molar-refractivity contribution in [1.29, 1.82) is 0 Å². The van der Waals surface area contributed by atoms with E-state index in [9.17, 15) is 0 Å². The Morgan fingerprint density at radius 1 is 1.59 bits per heavy atom. The first-order chi connectivity index (χ1) is 8.36. The molecule has 0 fully saturated rings. The predicted octanol–water partition coefficient (Wildman–Crippen LogP) is 2.45. The normalized spacial score (nSPS) is 17.4. The van der Waals surface area contributed by atoms with E-state index in [1.165, 1.54) is 22.0 Å². The van der Waals surface area contributed by atoms with Crippen LogP contribution in [0.1, 0.15) is 42.8 Å². The van der Waals surface area contributed by atoms with E-state index in [1.54, 1.807) is 0 Å². The molecule has 0 spiro atoms. The Morgan fingerprint density at radius 3 is 3.12 bits per heavy atom. The lowest BCUT2D eigenvalue weighted by Crippen LogP contribution is -2.21. The van der Waals surface area contributed by atoms with E-state index in [2.05, 4.69) is 21.8 Å². The highest BCUT2D eigenvalue weighted by Gasteiger charge is 2.22. The number of aryl methyl sites for hydroxylation is 1. The van der Waals surface area contributed by atoms with Crippen molar-refractivity contribution in [2.45, 2.75) is 38.6 Å². The van der Waals surface area contributed by atoms with Crippen LogP contribution in [0.25, 0.3) is 0 Å². The molecule has 1 atom stereocenters. The Bertz CT molecular complexity index is 389. The Labute approximate surface area is 106 Å². The van der Waals surface area contributed by atoms with Crippen molar-refractivity contribution >= 4 is 11.5 Å². The summed E-state index contributed by atoms with van der Waals surface area (Å²) in [7, 11) is 1.98. The summed E-state index contributed by atoms with van der Waals surface area (Å²) in [6.07, 6.45) is 6.19. The van der Waals surface area contributed by atoms with Crippen LogP contribution >= 0.6 is 11.5 Å². The first kappa shape index (κ1) is 12.5. The van der Waals surface area contributed by atoms with Gasteiger partial charge >= 0.3 is 0 Å². The average molecular weight is 253 g/mol. The van der Waals surface area contributed by atoms with Crippen LogP contribution in [0.2, 0.25) is 0 Å². The molecule has 0 saturated heterocycles. The van der Waals surface area contributed by atoms with Crippen LogP contribution in [-0.4, -0.2) is 23.2 Å². The molecule has 17 heavy (non-hydrogen) atoms. The van der Waals surface area contributed by atoms with E-state index < -0.39 is 0 Å². The van der Waals surface area contributed by atoms with E-state index in [1.807, 2.05) is 13.3 Å². The summed E-state index contributed by atoms with van der Waals surface area (Å²) in [5.74, 6) is 0. The van der Waals surface area contributed by atoms with Gasteiger partial charge in [-0.3, -0.25) is 0 Å². The molecular weight excluding hydrogens is 234 g/mol. The first-order valence-electron chi connectivity index (χ1n) is 6.15. The summed E-state index contributed by atoms with van der Waals surface area (Å²) < 4.78 is 9.51. The van der Waals surface area contributed by atoms with E-state index in [4.69, 9.17) is 4.74 Å². The number of nitrogens with one attached hydrogen (secondary N) is 1. The molecule has 0 amide bonds. The van der Waals surface area contributed by atoms with Crippen LogP contribution in [-0.2, 0) is 11.2 Å². The minimum atomic E-state index is 0.219. The molecule has 0 radical (unpaired) electrons. The number of hydrogen-bond acceptors (Lipinski definition) is 5. The molecule has 4 nitrogen and oxygen atoms in total. The number of rotatable bonds is 5. The second kappa shape index (κ2) is 6.12. The molecule has 1 N–H and O–H groups in total. The summed E-state index contributed by atoms with van der Waals surface area (Å²) in [5.41, 5.74) is 2.44. The molecule has 2 rings (SSSR count). The monoisotopic (exact) mass is 253 g/mol. The lowest BCUT2D eigenvalue weighted by Gasteiger charge is -2.22. The van der Waals surface area contributed by atoms with Crippen molar-refractivity contribution in [1.82, 2.24) is 14.9 Å². The predicted molar refractivity (Wildman–Crippen MR) is 69.0 cm³/mol. The van der Waals surface area contributed by atoms with Gasteiger partial charge in [0.25, 0.3) is 0 Å². The van der Waals surface area contributed by atoms with Gasteiger partial charge in [-0.05, 0) is 43.4 Å². The number of aromatic nitrogens is 2. The molecule has 5 heteroatoms. The molecule has 1 aromatic heterocycles. The lowest BCUT2D eigenvalue weighted by atomic mass is 9.99. The molecule has 1 aromatic rings. The summed E-state index contributed by atoms with van der Waals surface area (Å²) in [5, 5.41) is 7.59. The highest BCUT2D eigenvalue weighted by molar-refractivity contribution is 7.05. The fourth-order valence-corrected chi connectivity index (χ4v) is 2.98. The van der Waals surface area contributed by atoms with Gasteiger partial charge in [-0.15, -0.1) is 5.10 Å². The Morgan fingerprint density at radius 2 is 2.47 bits per heavy atom. The second-order valence-corrected chi connectivity index (χ2v) is 5.01. The molecule has 0 bridgehead atoms. The fraction of sp³-hybridized carbons (Fsp3) is 0.667. The van der Waals surface area contributed by atoms with Gasteiger partial charge in [-0.1, -0.05) is 17.8 Å². The second-order valence-electron chi connectivity index (χ2n) is 4.22. The average Bonchev–Trinajstić information content (AvgIpc) is 2.81. The largest absolute Gasteiger partial charge is 0.501 e. The molecule has 2 heterocycles. The Balaban J connectivity index is 2.21. The van der Waals surface area contributed by atoms with Crippen LogP contribution in [0, 0.1) is 0 Å². The third-order valence-electron chi connectivity index (χ3n) is 2.96. The van der Waals surface area contributed by atoms with E-state index >= 15 is 0 Å². The van der Waals surface area contributed by atoms with Gasteiger partial charge in [0.05, 0.1) is 29.5 Å². The molecule has 1 aliphatic rings. The van der Waals surface area contributed by atoms with Crippen LogP contribution in [0.3, 0.4) is 0 Å².